The first-order valence-electron chi connectivity index (χ1n) is 10.3. The van der Waals surface area contributed by atoms with Crippen LogP contribution < -0.4 is 5.32 Å². The predicted octanol–water partition coefficient (Wildman–Crippen LogP) is 1.67. The van der Waals surface area contributed by atoms with Crippen molar-refractivity contribution in [2.24, 2.45) is 5.92 Å². The topological polar surface area (TPSA) is 84.4 Å². The van der Waals surface area contributed by atoms with Gasteiger partial charge in [0.15, 0.2) is 5.82 Å². The van der Waals surface area contributed by atoms with Crippen LogP contribution in [0.4, 0.5) is 0 Å². The number of carbonyl (C=O) groups is 2. The van der Waals surface area contributed by atoms with Gasteiger partial charge in [-0.1, -0.05) is 30.3 Å². The summed E-state index contributed by atoms with van der Waals surface area (Å²) < 4.78 is 6.30. The molecule has 1 atom stereocenters. The first-order valence-corrected chi connectivity index (χ1v) is 10.3. The molecule has 3 aliphatic rings. The van der Waals surface area contributed by atoms with E-state index in [2.05, 4.69) is 10.3 Å². The zero-order chi connectivity index (χ0) is 19.8. The van der Waals surface area contributed by atoms with E-state index >= 15 is 0 Å². The van der Waals surface area contributed by atoms with Crippen LogP contribution in [-0.2, 0) is 26.3 Å². The third kappa shape index (κ3) is 3.29. The fourth-order valence-corrected chi connectivity index (χ4v) is 4.64. The summed E-state index contributed by atoms with van der Waals surface area (Å²) in [7, 11) is 0. The number of hydrogen-bond acceptors (Lipinski definition) is 5. The van der Waals surface area contributed by atoms with Gasteiger partial charge in [0, 0.05) is 37.8 Å². The van der Waals surface area contributed by atoms with Gasteiger partial charge in [-0.2, -0.15) is 0 Å². The SMILES string of the molecule is O=C1CC(C(=O)N2CCC3(CC2)OCCc2cnc(-c4ccccc4)nc23)CN1. The number of benzene rings is 1. The van der Waals surface area contributed by atoms with E-state index in [1.54, 1.807) is 0 Å². The molecule has 1 N–H and O–H groups in total. The average molecular weight is 392 g/mol. The van der Waals surface area contributed by atoms with Gasteiger partial charge in [-0.15, -0.1) is 0 Å². The molecule has 2 aromatic rings. The zero-order valence-electron chi connectivity index (χ0n) is 16.3. The second kappa shape index (κ2) is 7.22. The van der Waals surface area contributed by atoms with E-state index in [0.29, 0.717) is 51.3 Å². The minimum Gasteiger partial charge on any atom is -0.368 e. The Bertz CT molecular complexity index is 938. The smallest absolute Gasteiger partial charge is 0.227 e. The van der Waals surface area contributed by atoms with Crippen molar-refractivity contribution in [3.63, 3.8) is 0 Å². The molecular formula is C22H24N4O3. The maximum atomic E-state index is 12.8. The van der Waals surface area contributed by atoms with E-state index in [1.165, 1.54) is 0 Å². The summed E-state index contributed by atoms with van der Waals surface area (Å²) in [6.45, 7) is 2.34. The lowest BCUT2D eigenvalue weighted by molar-refractivity contribution is -0.145. The number of aromatic nitrogens is 2. The van der Waals surface area contributed by atoms with Gasteiger partial charge in [-0.05, 0) is 24.8 Å². The van der Waals surface area contributed by atoms with Gasteiger partial charge >= 0.3 is 0 Å². The molecule has 2 amide bonds. The number of amides is 2. The molecule has 4 heterocycles. The van der Waals surface area contributed by atoms with Crippen molar-refractivity contribution in [1.82, 2.24) is 20.2 Å². The number of ether oxygens (including phenoxy) is 1. The van der Waals surface area contributed by atoms with Crippen molar-refractivity contribution in [1.29, 1.82) is 0 Å². The molecule has 5 rings (SSSR count). The normalized spacial score (nSPS) is 23.0. The fourth-order valence-electron chi connectivity index (χ4n) is 4.64. The lowest BCUT2D eigenvalue weighted by atomic mass is 9.83. The summed E-state index contributed by atoms with van der Waals surface area (Å²) in [5.41, 5.74) is 2.64. The Balaban J connectivity index is 1.38. The quantitative estimate of drug-likeness (QED) is 0.841. The van der Waals surface area contributed by atoms with E-state index < -0.39 is 5.60 Å². The van der Waals surface area contributed by atoms with Crippen LogP contribution in [0.5, 0.6) is 0 Å². The van der Waals surface area contributed by atoms with E-state index in [4.69, 9.17) is 9.72 Å². The van der Waals surface area contributed by atoms with Crippen molar-refractivity contribution < 1.29 is 14.3 Å². The summed E-state index contributed by atoms with van der Waals surface area (Å²) in [6.07, 6.45) is 4.47. The summed E-state index contributed by atoms with van der Waals surface area (Å²) in [4.78, 5) is 35.6. The Kier molecular flexibility index (Phi) is 4.54. The average Bonchev–Trinajstić information content (AvgIpc) is 3.21. The molecule has 1 aromatic heterocycles. The molecule has 0 aliphatic carbocycles. The number of likely N-dealkylation sites (tertiary alicyclic amines) is 1. The summed E-state index contributed by atoms with van der Waals surface area (Å²) in [5, 5.41) is 2.75. The Morgan fingerprint density at radius 1 is 1.21 bits per heavy atom. The van der Waals surface area contributed by atoms with E-state index in [-0.39, 0.29) is 17.7 Å². The van der Waals surface area contributed by atoms with Crippen LogP contribution in [0.3, 0.4) is 0 Å². The molecule has 29 heavy (non-hydrogen) atoms. The Morgan fingerprint density at radius 2 is 2.00 bits per heavy atom. The Labute approximate surface area is 169 Å². The van der Waals surface area contributed by atoms with Gasteiger partial charge in [0.05, 0.1) is 18.2 Å². The molecule has 0 bridgehead atoms. The molecule has 7 nitrogen and oxygen atoms in total. The lowest BCUT2D eigenvalue weighted by Crippen LogP contribution is -2.50. The van der Waals surface area contributed by atoms with Gasteiger partial charge in [0.2, 0.25) is 11.8 Å². The number of fused-ring (bicyclic) bond motifs is 2. The maximum absolute atomic E-state index is 12.8. The van der Waals surface area contributed by atoms with Gasteiger partial charge in [0.25, 0.3) is 0 Å². The van der Waals surface area contributed by atoms with Gasteiger partial charge in [-0.3, -0.25) is 9.59 Å². The van der Waals surface area contributed by atoms with Gasteiger partial charge in [-0.25, -0.2) is 9.97 Å². The molecule has 2 fully saturated rings. The highest BCUT2D eigenvalue weighted by Gasteiger charge is 2.44. The Morgan fingerprint density at radius 3 is 2.72 bits per heavy atom. The minimum absolute atomic E-state index is 0.0356. The molecule has 150 valence electrons. The molecule has 2 saturated heterocycles. The number of rotatable bonds is 2. The molecule has 7 heteroatoms. The van der Waals surface area contributed by atoms with Crippen LogP contribution in [0.25, 0.3) is 11.4 Å². The Hall–Kier alpha value is -2.80. The molecular weight excluding hydrogens is 368 g/mol. The van der Waals surface area contributed by atoms with Crippen LogP contribution in [0.2, 0.25) is 0 Å². The first kappa shape index (κ1) is 18.2. The number of piperidine rings is 1. The number of carbonyl (C=O) groups excluding carboxylic acids is 2. The second-order valence-electron chi connectivity index (χ2n) is 8.06. The van der Waals surface area contributed by atoms with Crippen LogP contribution in [0, 0.1) is 5.92 Å². The van der Waals surface area contributed by atoms with E-state index in [0.717, 1.165) is 23.2 Å². The van der Waals surface area contributed by atoms with Crippen LogP contribution >= 0.6 is 0 Å². The summed E-state index contributed by atoms with van der Waals surface area (Å²) >= 11 is 0. The number of nitrogens with zero attached hydrogens (tertiary/aromatic N) is 3. The van der Waals surface area contributed by atoms with E-state index in [9.17, 15) is 9.59 Å². The standard InChI is InChI=1S/C22H24N4O3/c27-18-12-17(14-23-18)21(28)26-9-7-22(8-10-26)19-16(6-11-29-22)13-24-20(25-19)15-4-2-1-3-5-15/h1-5,13,17H,6-12,14H2,(H,23,27). The third-order valence-corrected chi connectivity index (χ3v) is 6.29. The molecule has 0 saturated carbocycles. The van der Waals surface area contributed by atoms with Crippen molar-refractivity contribution in [3.8, 4) is 11.4 Å². The van der Waals surface area contributed by atoms with E-state index in [1.807, 2.05) is 41.4 Å². The monoisotopic (exact) mass is 392 g/mol. The van der Waals surface area contributed by atoms with Crippen molar-refractivity contribution in [3.05, 3.63) is 47.8 Å². The van der Waals surface area contributed by atoms with Crippen molar-refractivity contribution in [2.45, 2.75) is 31.3 Å². The summed E-state index contributed by atoms with van der Waals surface area (Å²) in [6, 6.07) is 9.97. The molecule has 3 aliphatic heterocycles. The minimum atomic E-state index is -0.458. The molecule has 1 aromatic carbocycles. The van der Waals surface area contributed by atoms with Crippen molar-refractivity contribution >= 4 is 11.8 Å². The maximum Gasteiger partial charge on any atom is 0.227 e. The van der Waals surface area contributed by atoms with Crippen LogP contribution in [-0.4, -0.2) is 52.9 Å². The third-order valence-electron chi connectivity index (χ3n) is 6.29. The zero-order valence-corrected chi connectivity index (χ0v) is 16.3. The highest BCUT2D eigenvalue weighted by Crippen LogP contribution is 2.41. The first-order chi connectivity index (χ1) is 14.1. The highest BCUT2D eigenvalue weighted by molar-refractivity contribution is 5.89. The molecule has 0 radical (unpaired) electrons. The lowest BCUT2D eigenvalue weighted by Gasteiger charge is -2.44. The number of nitrogens with one attached hydrogen (secondary N) is 1. The molecule has 1 unspecified atom stereocenters. The number of hydrogen-bond donors (Lipinski definition) is 1. The molecule has 1 spiro atoms. The van der Waals surface area contributed by atoms with Gasteiger partial charge < -0.3 is 15.0 Å². The van der Waals surface area contributed by atoms with Crippen LogP contribution in [0.15, 0.2) is 36.5 Å². The fraction of sp³-hybridized carbons (Fsp3) is 0.455. The second-order valence-corrected chi connectivity index (χ2v) is 8.06. The van der Waals surface area contributed by atoms with Crippen molar-refractivity contribution in [2.75, 3.05) is 26.2 Å². The summed E-state index contributed by atoms with van der Waals surface area (Å²) in [5.74, 6) is 0.514. The predicted molar refractivity (Wildman–Crippen MR) is 106 cm³/mol. The van der Waals surface area contributed by atoms with Crippen LogP contribution in [0.1, 0.15) is 30.5 Å². The highest BCUT2D eigenvalue weighted by atomic mass is 16.5. The largest absolute Gasteiger partial charge is 0.368 e. The van der Waals surface area contributed by atoms with Gasteiger partial charge in [0.1, 0.15) is 5.60 Å².